The zero-order chi connectivity index (χ0) is 20.1. The standard InChI is InChI=1S/C22H30N2O4/c1-14-11-15(2)18(16(3)12-14)19-20(25)22(7-9-23(27-4)10-8-22)24(21(19)26)28-13-17-5-6-17/h11-12,17,25H,5-10,13H2,1-4H3. The van der Waals surface area contributed by atoms with Crippen LogP contribution in [0.25, 0.3) is 5.57 Å². The second-order valence-electron chi connectivity index (χ2n) is 8.48. The molecule has 1 N–H and O–H groups in total. The average Bonchev–Trinajstić information content (AvgIpc) is 3.46. The largest absolute Gasteiger partial charge is 0.509 e. The molecule has 1 spiro atoms. The van der Waals surface area contributed by atoms with Gasteiger partial charge in [-0.05, 0) is 69.1 Å². The maximum Gasteiger partial charge on any atom is 0.282 e. The number of hydroxylamine groups is 4. The van der Waals surface area contributed by atoms with E-state index in [1.165, 1.54) is 5.06 Å². The van der Waals surface area contributed by atoms with Gasteiger partial charge >= 0.3 is 0 Å². The molecule has 0 aromatic heterocycles. The number of carbonyl (C=O) groups is 1. The van der Waals surface area contributed by atoms with Gasteiger partial charge in [0.1, 0.15) is 11.3 Å². The molecule has 4 rings (SSSR count). The van der Waals surface area contributed by atoms with E-state index in [1.807, 2.05) is 25.8 Å². The molecule has 0 radical (unpaired) electrons. The van der Waals surface area contributed by atoms with E-state index < -0.39 is 5.54 Å². The number of hydrogen-bond acceptors (Lipinski definition) is 5. The zero-order valence-corrected chi connectivity index (χ0v) is 17.2. The van der Waals surface area contributed by atoms with Crippen LogP contribution in [0, 0.1) is 26.7 Å². The Morgan fingerprint density at radius 3 is 2.29 bits per heavy atom. The zero-order valence-electron chi connectivity index (χ0n) is 17.2. The smallest absolute Gasteiger partial charge is 0.282 e. The van der Waals surface area contributed by atoms with Crippen LogP contribution in [0.5, 0.6) is 0 Å². The fourth-order valence-corrected chi connectivity index (χ4v) is 4.65. The molecule has 6 nitrogen and oxygen atoms in total. The lowest BCUT2D eigenvalue weighted by molar-refractivity contribution is -0.234. The predicted octanol–water partition coefficient (Wildman–Crippen LogP) is 3.46. The SMILES string of the molecule is CON1CCC2(CC1)C(O)=C(c1c(C)cc(C)cc1C)C(=O)N2OCC1CC1. The van der Waals surface area contributed by atoms with Gasteiger partial charge in [0, 0.05) is 13.1 Å². The van der Waals surface area contributed by atoms with Gasteiger partial charge in [0.25, 0.3) is 5.91 Å². The first-order valence-corrected chi connectivity index (χ1v) is 10.2. The van der Waals surface area contributed by atoms with Crippen LogP contribution in [0.1, 0.15) is 47.9 Å². The van der Waals surface area contributed by atoms with E-state index in [0.29, 0.717) is 44.0 Å². The molecule has 0 unspecified atom stereocenters. The van der Waals surface area contributed by atoms with Crippen molar-refractivity contribution >= 4 is 11.5 Å². The maximum absolute atomic E-state index is 13.5. The number of amides is 1. The van der Waals surface area contributed by atoms with Gasteiger partial charge < -0.3 is 9.94 Å². The normalized spacial score (nSPS) is 22.6. The first-order chi connectivity index (χ1) is 13.4. The molecule has 0 bridgehead atoms. The predicted molar refractivity (Wildman–Crippen MR) is 106 cm³/mol. The van der Waals surface area contributed by atoms with Crippen molar-refractivity contribution in [2.24, 2.45) is 5.92 Å². The summed E-state index contributed by atoms with van der Waals surface area (Å²) in [6, 6.07) is 4.12. The average molecular weight is 386 g/mol. The number of piperidine rings is 1. The third-order valence-electron chi connectivity index (χ3n) is 6.34. The van der Waals surface area contributed by atoms with Crippen LogP contribution in [0.2, 0.25) is 0 Å². The number of nitrogens with zero attached hydrogens (tertiary/aromatic N) is 2. The highest BCUT2D eigenvalue weighted by atomic mass is 16.7. The monoisotopic (exact) mass is 386 g/mol. The summed E-state index contributed by atoms with van der Waals surface area (Å²) < 4.78 is 0. The van der Waals surface area contributed by atoms with Gasteiger partial charge in [-0.15, -0.1) is 0 Å². The van der Waals surface area contributed by atoms with Crippen LogP contribution in [0.4, 0.5) is 0 Å². The highest BCUT2D eigenvalue weighted by Crippen LogP contribution is 2.47. The molecule has 1 saturated carbocycles. The maximum atomic E-state index is 13.5. The van der Waals surface area contributed by atoms with Crippen molar-refractivity contribution in [3.8, 4) is 0 Å². The Labute approximate surface area is 166 Å². The van der Waals surface area contributed by atoms with Crippen LogP contribution in [-0.4, -0.2) is 53.5 Å². The first kappa shape index (κ1) is 19.4. The van der Waals surface area contributed by atoms with Crippen molar-refractivity contribution in [3.63, 3.8) is 0 Å². The second kappa shape index (κ2) is 7.17. The van der Waals surface area contributed by atoms with E-state index in [0.717, 1.165) is 35.1 Å². The van der Waals surface area contributed by atoms with Crippen LogP contribution >= 0.6 is 0 Å². The van der Waals surface area contributed by atoms with Crippen molar-refractivity contribution < 1.29 is 19.6 Å². The quantitative estimate of drug-likeness (QED) is 0.840. The Bertz CT molecular complexity index is 797. The molecule has 2 fully saturated rings. The number of aliphatic hydroxyl groups excluding tert-OH is 1. The number of carbonyl (C=O) groups excluding carboxylic acids is 1. The lowest BCUT2D eigenvalue weighted by Gasteiger charge is -2.42. The van der Waals surface area contributed by atoms with Crippen LogP contribution in [0.3, 0.4) is 0 Å². The molecule has 1 aromatic rings. The van der Waals surface area contributed by atoms with Crippen LogP contribution in [0.15, 0.2) is 17.9 Å². The van der Waals surface area contributed by atoms with E-state index in [1.54, 1.807) is 7.11 Å². The fraction of sp³-hybridized carbons (Fsp3) is 0.591. The Morgan fingerprint density at radius 1 is 1.14 bits per heavy atom. The summed E-state index contributed by atoms with van der Waals surface area (Å²) in [6.45, 7) is 7.84. The minimum absolute atomic E-state index is 0.152. The van der Waals surface area contributed by atoms with Crippen molar-refractivity contribution in [2.75, 3.05) is 26.8 Å². The summed E-state index contributed by atoms with van der Waals surface area (Å²) in [6.07, 6.45) is 3.46. The topological polar surface area (TPSA) is 62.2 Å². The molecule has 6 heteroatoms. The van der Waals surface area contributed by atoms with E-state index in [4.69, 9.17) is 9.68 Å². The van der Waals surface area contributed by atoms with Gasteiger partial charge in [-0.25, -0.2) is 5.06 Å². The minimum atomic E-state index is -0.805. The van der Waals surface area contributed by atoms with Crippen molar-refractivity contribution in [1.29, 1.82) is 0 Å². The third-order valence-corrected chi connectivity index (χ3v) is 6.34. The number of rotatable bonds is 5. The van der Waals surface area contributed by atoms with E-state index >= 15 is 0 Å². The summed E-state index contributed by atoms with van der Waals surface area (Å²) in [4.78, 5) is 24.9. The van der Waals surface area contributed by atoms with Crippen LogP contribution < -0.4 is 0 Å². The first-order valence-electron chi connectivity index (χ1n) is 10.2. The van der Waals surface area contributed by atoms with Crippen molar-refractivity contribution in [1.82, 2.24) is 10.1 Å². The number of hydrogen-bond donors (Lipinski definition) is 1. The highest BCUT2D eigenvalue weighted by molar-refractivity contribution is 6.23. The Hall–Kier alpha value is -1.89. The van der Waals surface area contributed by atoms with Crippen molar-refractivity contribution in [3.05, 3.63) is 40.1 Å². The lowest BCUT2D eigenvalue weighted by Crippen LogP contribution is -2.55. The molecule has 3 aliphatic rings. The molecule has 2 aliphatic heterocycles. The second-order valence-corrected chi connectivity index (χ2v) is 8.48. The van der Waals surface area contributed by atoms with Gasteiger partial charge in [-0.2, -0.15) is 5.06 Å². The molecule has 1 aliphatic carbocycles. The molecule has 0 atom stereocenters. The summed E-state index contributed by atoms with van der Waals surface area (Å²) in [5.74, 6) is 0.455. The molecule has 1 saturated heterocycles. The Morgan fingerprint density at radius 2 is 1.75 bits per heavy atom. The molecule has 28 heavy (non-hydrogen) atoms. The van der Waals surface area contributed by atoms with Gasteiger partial charge in [-0.1, -0.05) is 17.7 Å². The molecule has 152 valence electrons. The molecule has 2 heterocycles. The summed E-state index contributed by atoms with van der Waals surface area (Å²) in [5.41, 5.74) is 3.58. The number of benzene rings is 1. The number of aliphatic hydroxyl groups is 1. The lowest BCUT2D eigenvalue weighted by atomic mass is 9.85. The van der Waals surface area contributed by atoms with Gasteiger partial charge in [0.15, 0.2) is 0 Å². The third kappa shape index (κ3) is 3.13. The molecular weight excluding hydrogens is 356 g/mol. The highest BCUT2D eigenvalue weighted by Gasteiger charge is 2.55. The summed E-state index contributed by atoms with van der Waals surface area (Å²) in [7, 11) is 1.65. The van der Waals surface area contributed by atoms with E-state index in [-0.39, 0.29) is 11.7 Å². The Balaban J connectivity index is 1.76. The summed E-state index contributed by atoms with van der Waals surface area (Å²) >= 11 is 0. The number of aryl methyl sites for hydroxylation is 3. The fourth-order valence-electron chi connectivity index (χ4n) is 4.65. The molecular formula is C22H30N2O4. The summed E-state index contributed by atoms with van der Waals surface area (Å²) in [5, 5.41) is 14.7. The molecule has 1 amide bonds. The van der Waals surface area contributed by atoms with E-state index in [2.05, 4.69) is 12.1 Å². The minimum Gasteiger partial charge on any atom is -0.509 e. The van der Waals surface area contributed by atoms with Crippen molar-refractivity contribution in [2.45, 2.75) is 52.0 Å². The van der Waals surface area contributed by atoms with Gasteiger partial charge in [0.2, 0.25) is 0 Å². The Kier molecular flexibility index (Phi) is 4.98. The van der Waals surface area contributed by atoms with E-state index in [9.17, 15) is 9.90 Å². The van der Waals surface area contributed by atoms with Crippen LogP contribution in [-0.2, 0) is 14.5 Å². The van der Waals surface area contributed by atoms with Gasteiger partial charge in [0.05, 0.1) is 19.3 Å². The van der Waals surface area contributed by atoms with Gasteiger partial charge in [-0.3, -0.25) is 9.63 Å². The molecule has 1 aromatic carbocycles.